The number of ether oxygens (including phenoxy) is 1. The third-order valence-electron chi connectivity index (χ3n) is 1.73. The molecule has 1 atom stereocenters. The highest BCUT2D eigenvalue weighted by Crippen LogP contribution is 1.99. The van der Waals surface area contributed by atoms with E-state index in [0.29, 0.717) is 13.1 Å². The van der Waals surface area contributed by atoms with Crippen LogP contribution >= 0.6 is 0 Å². The number of amides is 3. The zero-order chi connectivity index (χ0) is 11.5. The van der Waals surface area contributed by atoms with Crippen molar-refractivity contribution in [3.05, 3.63) is 0 Å². The monoisotopic (exact) mass is 215 g/mol. The fourth-order valence-electron chi connectivity index (χ4n) is 1.14. The molecule has 0 radical (unpaired) electrons. The maximum absolute atomic E-state index is 11.3. The third kappa shape index (κ3) is 4.53. The van der Waals surface area contributed by atoms with Crippen LogP contribution in [0.4, 0.5) is 9.59 Å². The summed E-state index contributed by atoms with van der Waals surface area (Å²) in [4.78, 5) is 22.0. The lowest BCUT2D eigenvalue weighted by Gasteiger charge is -2.21. The largest absolute Gasteiger partial charge is 0.442 e. The Labute approximate surface area is 88.7 Å². The quantitative estimate of drug-likeness (QED) is 0.615. The van der Waals surface area contributed by atoms with Crippen LogP contribution < -0.4 is 16.0 Å². The van der Waals surface area contributed by atoms with E-state index < -0.39 is 6.09 Å². The van der Waals surface area contributed by atoms with Crippen LogP contribution in [0.5, 0.6) is 0 Å². The maximum atomic E-state index is 11.3. The fraction of sp³-hybridized carbons (Fsp3) is 0.778. The van der Waals surface area contributed by atoms with Crippen molar-refractivity contribution in [1.29, 1.82) is 0 Å². The van der Waals surface area contributed by atoms with Crippen molar-refractivity contribution >= 4 is 12.1 Å². The van der Waals surface area contributed by atoms with Crippen LogP contribution in [-0.4, -0.2) is 36.9 Å². The van der Waals surface area contributed by atoms with Crippen molar-refractivity contribution in [2.24, 2.45) is 0 Å². The van der Waals surface area contributed by atoms with Gasteiger partial charge in [0.15, 0.2) is 0 Å². The molecule has 1 saturated heterocycles. The van der Waals surface area contributed by atoms with E-state index in [1.54, 1.807) is 0 Å². The number of alkyl carbamates (subject to hydrolysis) is 1. The minimum Gasteiger partial charge on any atom is -0.442 e. The minimum absolute atomic E-state index is 0.259. The van der Waals surface area contributed by atoms with E-state index >= 15 is 0 Å². The Morgan fingerprint density at radius 1 is 1.60 bits per heavy atom. The van der Waals surface area contributed by atoms with Gasteiger partial charge in [-0.1, -0.05) is 0 Å². The van der Waals surface area contributed by atoms with Gasteiger partial charge in [0.25, 0.3) is 0 Å². The highest BCUT2D eigenvalue weighted by Gasteiger charge is 2.23. The molecule has 0 aromatic heterocycles. The standard InChI is InChI=1S/C9H17N3O3/c1-9(2,3)12-7(13)10-4-6-5-11-8(14)15-6/h6H,4-5H2,1-3H3,(H,11,14)(H2,10,12,13). The number of hydrogen-bond acceptors (Lipinski definition) is 3. The molecule has 86 valence electrons. The van der Waals surface area contributed by atoms with Crippen LogP contribution in [0.2, 0.25) is 0 Å². The Morgan fingerprint density at radius 2 is 2.27 bits per heavy atom. The van der Waals surface area contributed by atoms with Crippen LogP contribution in [0.1, 0.15) is 20.8 Å². The van der Waals surface area contributed by atoms with Crippen LogP contribution in [0.25, 0.3) is 0 Å². The average Bonchev–Trinajstić information content (AvgIpc) is 2.45. The molecule has 1 aliphatic rings. The summed E-state index contributed by atoms with van der Waals surface area (Å²) in [5, 5.41) is 7.89. The molecule has 6 nitrogen and oxygen atoms in total. The van der Waals surface area contributed by atoms with Gasteiger partial charge in [-0.3, -0.25) is 0 Å². The van der Waals surface area contributed by atoms with Gasteiger partial charge in [-0.2, -0.15) is 0 Å². The molecule has 15 heavy (non-hydrogen) atoms. The molecule has 1 unspecified atom stereocenters. The molecule has 0 bridgehead atoms. The van der Waals surface area contributed by atoms with Crippen LogP contribution in [-0.2, 0) is 4.74 Å². The Morgan fingerprint density at radius 3 is 2.73 bits per heavy atom. The smallest absolute Gasteiger partial charge is 0.407 e. The normalized spacial score (nSPS) is 20.5. The fourth-order valence-corrected chi connectivity index (χ4v) is 1.14. The molecule has 3 N–H and O–H groups in total. The van der Waals surface area contributed by atoms with Crippen molar-refractivity contribution < 1.29 is 14.3 Å². The van der Waals surface area contributed by atoms with E-state index in [4.69, 9.17) is 4.74 Å². The number of cyclic esters (lactones) is 1. The predicted octanol–water partition coefficient (Wildman–Crippen LogP) is 0.192. The van der Waals surface area contributed by atoms with E-state index in [2.05, 4.69) is 16.0 Å². The van der Waals surface area contributed by atoms with Gasteiger partial charge >= 0.3 is 12.1 Å². The molecule has 0 aromatic rings. The van der Waals surface area contributed by atoms with Crippen molar-refractivity contribution in [2.75, 3.05) is 13.1 Å². The van der Waals surface area contributed by atoms with Gasteiger partial charge in [-0.05, 0) is 20.8 Å². The molecule has 6 heteroatoms. The highest BCUT2D eigenvalue weighted by molar-refractivity contribution is 5.75. The molecule has 3 amide bonds. The summed E-state index contributed by atoms with van der Waals surface area (Å²) in [6.07, 6.45) is -0.707. The van der Waals surface area contributed by atoms with E-state index in [0.717, 1.165) is 0 Å². The second-order valence-corrected chi connectivity index (χ2v) is 4.49. The summed E-state index contributed by atoms with van der Waals surface area (Å²) in [5.74, 6) is 0. The number of nitrogens with one attached hydrogen (secondary N) is 3. The molecule has 0 aliphatic carbocycles. The molecular weight excluding hydrogens is 198 g/mol. The zero-order valence-electron chi connectivity index (χ0n) is 9.22. The first kappa shape index (κ1) is 11.6. The Kier molecular flexibility index (Phi) is 3.39. The predicted molar refractivity (Wildman–Crippen MR) is 54.6 cm³/mol. The second kappa shape index (κ2) is 4.37. The van der Waals surface area contributed by atoms with Gasteiger partial charge in [0.2, 0.25) is 0 Å². The van der Waals surface area contributed by atoms with Crippen LogP contribution in [0.3, 0.4) is 0 Å². The van der Waals surface area contributed by atoms with E-state index in [1.165, 1.54) is 0 Å². The maximum Gasteiger partial charge on any atom is 0.407 e. The summed E-state index contributed by atoms with van der Waals surface area (Å²) in [6.45, 7) is 6.44. The summed E-state index contributed by atoms with van der Waals surface area (Å²) < 4.78 is 4.85. The van der Waals surface area contributed by atoms with Crippen molar-refractivity contribution in [3.63, 3.8) is 0 Å². The average molecular weight is 215 g/mol. The van der Waals surface area contributed by atoms with Crippen molar-refractivity contribution in [1.82, 2.24) is 16.0 Å². The SMILES string of the molecule is CC(C)(C)NC(=O)NCC1CNC(=O)O1. The Bertz CT molecular complexity index is 260. The number of rotatable bonds is 2. The van der Waals surface area contributed by atoms with E-state index in [9.17, 15) is 9.59 Å². The molecule has 0 spiro atoms. The first-order valence-electron chi connectivity index (χ1n) is 4.87. The first-order chi connectivity index (χ1) is 6.87. The molecule has 1 aliphatic heterocycles. The molecule has 1 rings (SSSR count). The summed E-state index contributed by atoms with van der Waals surface area (Å²) >= 11 is 0. The van der Waals surface area contributed by atoms with Gasteiger partial charge in [0, 0.05) is 5.54 Å². The summed E-state index contributed by atoms with van der Waals surface area (Å²) in [5.41, 5.74) is -0.269. The first-order valence-corrected chi connectivity index (χ1v) is 4.87. The van der Waals surface area contributed by atoms with Gasteiger partial charge in [-0.15, -0.1) is 0 Å². The molecule has 1 heterocycles. The number of carbonyl (C=O) groups is 2. The molecule has 1 fully saturated rings. The van der Waals surface area contributed by atoms with Crippen molar-refractivity contribution in [2.45, 2.75) is 32.4 Å². The van der Waals surface area contributed by atoms with Crippen molar-refractivity contribution in [3.8, 4) is 0 Å². The third-order valence-corrected chi connectivity index (χ3v) is 1.73. The lowest BCUT2D eigenvalue weighted by atomic mass is 10.1. The summed E-state index contributed by atoms with van der Waals surface area (Å²) in [6, 6.07) is -0.259. The Balaban J connectivity index is 2.20. The molecule has 0 aromatic carbocycles. The van der Waals surface area contributed by atoms with Gasteiger partial charge in [0.1, 0.15) is 6.10 Å². The molecular formula is C9H17N3O3. The highest BCUT2D eigenvalue weighted by atomic mass is 16.6. The van der Waals surface area contributed by atoms with E-state index in [1.807, 2.05) is 20.8 Å². The lowest BCUT2D eigenvalue weighted by Crippen LogP contribution is -2.48. The number of urea groups is 1. The van der Waals surface area contributed by atoms with E-state index in [-0.39, 0.29) is 17.7 Å². The van der Waals surface area contributed by atoms with Gasteiger partial charge < -0.3 is 20.7 Å². The number of carbonyl (C=O) groups excluding carboxylic acids is 2. The summed E-state index contributed by atoms with van der Waals surface area (Å²) in [7, 11) is 0. The Hall–Kier alpha value is -1.46. The zero-order valence-corrected chi connectivity index (χ0v) is 9.22. The number of hydrogen-bond donors (Lipinski definition) is 3. The second-order valence-electron chi connectivity index (χ2n) is 4.49. The van der Waals surface area contributed by atoms with Crippen LogP contribution in [0, 0.1) is 0 Å². The lowest BCUT2D eigenvalue weighted by molar-refractivity contribution is 0.139. The van der Waals surface area contributed by atoms with Gasteiger partial charge in [0.05, 0.1) is 13.1 Å². The van der Waals surface area contributed by atoms with Crippen LogP contribution in [0.15, 0.2) is 0 Å². The van der Waals surface area contributed by atoms with Gasteiger partial charge in [-0.25, -0.2) is 9.59 Å². The molecule has 0 saturated carbocycles. The minimum atomic E-state index is -0.432. The topological polar surface area (TPSA) is 79.5 Å².